The molecule has 0 aromatic heterocycles. The molecule has 2 N–H and O–H groups in total. The van der Waals surface area contributed by atoms with Gasteiger partial charge in [-0.1, -0.05) is 12.1 Å². The van der Waals surface area contributed by atoms with Crippen LogP contribution in [0, 0.1) is 0 Å². The molecule has 0 bridgehead atoms. The maximum absolute atomic E-state index is 11.9. The third kappa shape index (κ3) is 3.07. The number of carbonyl (C=O) groups excluding carboxylic acids is 1. The molecule has 0 saturated heterocycles. The van der Waals surface area contributed by atoms with Gasteiger partial charge in [0.05, 0.1) is 4.47 Å². The SMILES string of the molecule is CC(Oc1ccccc1Br)C(=O)NC1(C(=O)O)CC1. The Morgan fingerprint density at radius 2 is 2.05 bits per heavy atom. The van der Waals surface area contributed by atoms with Gasteiger partial charge < -0.3 is 15.2 Å². The standard InChI is InChI=1S/C13H14BrNO4/c1-8(19-10-5-3-2-4-9(10)14)11(16)15-13(6-7-13)12(17)18/h2-5,8H,6-7H2,1H3,(H,15,16)(H,17,18). The molecule has 5 nitrogen and oxygen atoms in total. The highest BCUT2D eigenvalue weighted by atomic mass is 79.9. The van der Waals surface area contributed by atoms with Crippen molar-refractivity contribution in [2.75, 3.05) is 0 Å². The van der Waals surface area contributed by atoms with E-state index in [1.807, 2.05) is 6.07 Å². The molecule has 1 aliphatic carbocycles. The zero-order valence-electron chi connectivity index (χ0n) is 10.4. The number of hydrogen-bond acceptors (Lipinski definition) is 3. The Hall–Kier alpha value is -1.56. The van der Waals surface area contributed by atoms with Gasteiger partial charge in [0.25, 0.3) is 5.91 Å². The third-order valence-corrected chi connectivity index (χ3v) is 3.69. The largest absolute Gasteiger partial charge is 0.480 e. The van der Waals surface area contributed by atoms with E-state index in [1.54, 1.807) is 25.1 Å². The van der Waals surface area contributed by atoms with Gasteiger partial charge in [-0.15, -0.1) is 0 Å². The topological polar surface area (TPSA) is 75.6 Å². The zero-order valence-corrected chi connectivity index (χ0v) is 11.9. The summed E-state index contributed by atoms with van der Waals surface area (Å²) in [5, 5.41) is 11.5. The Balaban J connectivity index is 1.97. The summed E-state index contributed by atoms with van der Waals surface area (Å²) in [7, 11) is 0. The predicted molar refractivity (Wildman–Crippen MR) is 72.0 cm³/mol. The quantitative estimate of drug-likeness (QED) is 0.866. The van der Waals surface area contributed by atoms with Crippen molar-refractivity contribution in [3.05, 3.63) is 28.7 Å². The van der Waals surface area contributed by atoms with Gasteiger partial charge in [0.2, 0.25) is 0 Å². The first-order valence-electron chi connectivity index (χ1n) is 5.91. The van der Waals surface area contributed by atoms with Gasteiger partial charge in [0.1, 0.15) is 11.3 Å². The summed E-state index contributed by atoms with van der Waals surface area (Å²) in [6.07, 6.45) is 0.182. The van der Waals surface area contributed by atoms with Crippen molar-refractivity contribution in [2.45, 2.75) is 31.4 Å². The first kappa shape index (κ1) is 13.9. The molecule has 0 spiro atoms. The molecule has 102 valence electrons. The van der Waals surface area contributed by atoms with Crippen LogP contribution in [0.25, 0.3) is 0 Å². The van der Waals surface area contributed by atoms with E-state index >= 15 is 0 Å². The third-order valence-electron chi connectivity index (χ3n) is 3.03. The summed E-state index contributed by atoms with van der Waals surface area (Å²) >= 11 is 3.32. The molecule has 2 rings (SSSR count). The van der Waals surface area contributed by atoms with E-state index in [4.69, 9.17) is 9.84 Å². The zero-order chi connectivity index (χ0) is 14.0. The summed E-state index contributed by atoms with van der Waals surface area (Å²) in [5.41, 5.74) is -1.08. The molecule has 0 radical (unpaired) electrons. The molecule has 1 aromatic rings. The number of amides is 1. The molecule has 1 amide bonds. The first-order chi connectivity index (χ1) is 8.94. The van der Waals surface area contributed by atoms with E-state index in [9.17, 15) is 9.59 Å². The Labute approximate surface area is 119 Å². The lowest BCUT2D eigenvalue weighted by molar-refractivity contribution is -0.144. The van der Waals surface area contributed by atoms with Crippen LogP contribution in [0.3, 0.4) is 0 Å². The number of para-hydroxylation sites is 1. The van der Waals surface area contributed by atoms with Crippen LogP contribution in [0.5, 0.6) is 5.75 Å². The van der Waals surface area contributed by atoms with Gasteiger partial charge in [-0.2, -0.15) is 0 Å². The number of carboxylic acids is 1. The number of carbonyl (C=O) groups is 2. The summed E-state index contributed by atoms with van der Waals surface area (Å²) in [4.78, 5) is 22.9. The van der Waals surface area contributed by atoms with Crippen molar-refractivity contribution >= 4 is 27.8 Å². The molecule has 1 aliphatic rings. The van der Waals surface area contributed by atoms with Crippen LogP contribution < -0.4 is 10.1 Å². The maximum atomic E-state index is 11.9. The Bertz CT molecular complexity index is 513. The second-order valence-corrected chi connectivity index (χ2v) is 5.42. The Morgan fingerprint density at radius 3 is 2.58 bits per heavy atom. The number of ether oxygens (including phenoxy) is 1. The van der Waals surface area contributed by atoms with E-state index in [0.29, 0.717) is 18.6 Å². The smallest absolute Gasteiger partial charge is 0.329 e. The Kier molecular flexibility index (Phi) is 3.80. The molecule has 19 heavy (non-hydrogen) atoms. The number of benzene rings is 1. The summed E-state index contributed by atoms with van der Waals surface area (Å²) in [6.45, 7) is 1.59. The fraction of sp³-hybridized carbons (Fsp3) is 0.385. The van der Waals surface area contributed by atoms with Crippen molar-refractivity contribution in [2.24, 2.45) is 0 Å². The van der Waals surface area contributed by atoms with Crippen molar-refractivity contribution in [1.29, 1.82) is 0 Å². The monoisotopic (exact) mass is 327 g/mol. The Morgan fingerprint density at radius 1 is 1.42 bits per heavy atom. The number of aliphatic carboxylic acids is 1. The molecule has 1 unspecified atom stereocenters. The molecular weight excluding hydrogens is 314 g/mol. The van der Waals surface area contributed by atoms with Gasteiger partial charge in [0.15, 0.2) is 6.10 Å². The minimum absolute atomic E-state index is 0.421. The second kappa shape index (κ2) is 5.21. The van der Waals surface area contributed by atoms with Crippen LogP contribution >= 0.6 is 15.9 Å². The predicted octanol–water partition coefficient (Wildman–Crippen LogP) is 1.95. The van der Waals surface area contributed by atoms with Gasteiger partial charge >= 0.3 is 5.97 Å². The highest BCUT2D eigenvalue weighted by molar-refractivity contribution is 9.10. The molecule has 1 fully saturated rings. The summed E-state index contributed by atoms with van der Waals surface area (Å²) in [5.74, 6) is -0.866. The van der Waals surface area contributed by atoms with Crippen molar-refractivity contribution in [3.8, 4) is 5.75 Å². The van der Waals surface area contributed by atoms with Gasteiger partial charge in [-0.05, 0) is 47.8 Å². The van der Waals surface area contributed by atoms with Crippen LogP contribution in [0.4, 0.5) is 0 Å². The number of rotatable bonds is 5. The summed E-state index contributed by atoms with van der Waals surface area (Å²) < 4.78 is 6.25. The molecule has 0 heterocycles. The lowest BCUT2D eigenvalue weighted by Gasteiger charge is -2.18. The van der Waals surface area contributed by atoms with Crippen LogP contribution in [-0.4, -0.2) is 28.6 Å². The second-order valence-electron chi connectivity index (χ2n) is 4.57. The fourth-order valence-electron chi connectivity index (χ4n) is 1.64. The van der Waals surface area contributed by atoms with Crippen LogP contribution in [0.1, 0.15) is 19.8 Å². The van der Waals surface area contributed by atoms with E-state index in [-0.39, 0.29) is 0 Å². The fourth-order valence-corrected chi connectivity index (χ4v) is 2.02. The highest BCUT2D eigenvalue weighted by Crippen LogP contribution is 2.35. The van der Waals surface area contributed by atoms with Gasteiger partial charge in [-0.25, -0.2) is 4.79 Å². The van der Waals surface area contributed by atoms with E-state index in [0.717, 1.165) is 4.47 Å². The number of halogens is 1. The molecule has 1 atom stereocenters. The highest BCUT2D eigenvalue weighted by Gasteiger charge is 2.52. The molecule has 6 heteroatoms. The minimum Gasteiger partial charge on any atom is -0.480 e. The number of carboxylic acid groups (broad SMARTS) is 1. The lowest BCUT2D eigenvalue weighted by Crippen LogP contribution is -2.48. The lowest BCUT2D eigenvalue weighted by atomic mass is 10.2. The average molecular weight is 328 g/mol. The van der Waals surface area contributed by atoms with E-state index in [2.05, 4.69) is 21.2 Å². The molecule has 1 aromatic carbocycles. The van der Waals surface area contributed by atoms with E-state index < -0.39 is 23.5 Å². The van der Waals surface area contributed by atoms with Gasteiger partial charge in [-0.3, -0.25) is 4.79 Å². The molecular formula is C13H14BrNO4. The van der Waals surface area contributed by atoms with E-state index in [1.165, 1.54) is 0 Å². The van der Waals surface area contributed by atoms with Crippen LogP contribution in [0.2, 0.25) is 0 Å². The van der Waals surface area contributed by atoms with Crippen molar-refractivity contribution in [1.82, 2.24) is 5.32 Å². The molecule has 0 aliphatic heterocycles. The number of hydrogen-bond donors (Lipinski definition) is 2. The van der Waals surface area contributed by atoms with Crippen LogP contribution in [0.15, 0.2) is 28.7 Å². The van der Waals surface area contributed by atoms with Crippen molar-refractivity contribution in [3.63, 3.8) is 0 Å². The minimum atomic E-state index is -1.08. The van der Waals surface area contributed by atoms with Crippen molar-refractivity contribution < 1.29 is 19.4 Å². The molecule has 1 saturated carbocycles. The first-order valence-corrected chi connectivity index (χ1v) is 6.70. The van der Waals surface area contributed by atoms with Gasteiger partial charge in [0, 0.05) is 0 Å². The summed E-state index contributed by atoms with van der Waals surface area (Å²) in [6, 6.07) is 7.17. The van der Waals surface area contributed by atoms with Crippen LogP contribution in [-0.2, 0) is 9.59 Å². The average Bonchev–Trinajstić information content (AvgIpc) is 3.13. The number of nitrogens with one attached hydrogen (secondary N) is 1. The maximum Gasteiger partial charge on any atom is 0.329 e. The normalized spacial score (nSPS) is 17.4.